The topological polar surface area (TPSA) is 151 Å². The summed E-state index contributed by atoms with van der Waals surface area (Å²) in [6.45, 7) is 1.91. The van der Waals surface area contributed by atoms with E-state index in [1.165, 1.54) is 30.0 Å². The van der Waals surface area contributed by atoms with Crippen LogP contribution >= 0.6 is 11.6 Å². The van der Waals surface area contributed by atoms with E-state index in [-0.39, 0.29) is 42.4 Å². The Morgan fingerprint density at radius 3 is 2.64 bits per heavy atom. The molecule has 11 nitrogen and oxygen atoms in total. The van der Waals surface area contributed by atoms with Crippen molar-refractivity contribution in [1.29, 1.82) is 0 Å². The van der Waals surface area contributed by atoms with Crippen molar-refractivity contribution in [3.8, 4) is 5.75 Å². The molecule has 36 heavy (non-hydrogen) atoms. The maximum absolute atomic E-state index is 12.7. The van der Waals surface area contributed by atoms with Crippen LogP contribution in [0, 0.1) is 10.1 Å². The molecule has 1 heterocycles. The molecule has 2 aromatic carbocycles. The number of nitrogens with one attached hydrogen (secondary N) is 2. The normalized spacial score (nSPS) is 15.4. The molecule has 0 saturated carbocycles. The Balaban J connectivity index is 1.60. The molecule has 0 aromatic heterocycles. The molecule has 1 aliphatic heterocycles. The summed E-state index contributed by atoms with van der Waals surface area (Å²) in [4.78, 5) is 48.8. The Hall–Kier alpha value is -3.96. The van der Waals surface area contributed by atoms with Crippen molar-refractivity contribution in [2.45, 2.75) is 19.4 Å². The third-order valence-corrected chi connectivity index (χ3v) is 5.71. The summed E-state index contributed by atoms with van der Waals surface area (Å²) in [5.74, 6) is -0.895. The maximum atomic E-state index is 12.7. The largest absolute Gasteiger partial charge is 0.486 e. The van der Waals surface area contributed by atoms with E-state index in [0.29, 0.717) is 29.3 Å². The molecule has 0 aliphatic carbocycles. The smallest absolute Gasteiger partial charge is 0.335 e. The number of carbonyl (C=O) groups excluding carboxylic acids is 2. The molecule has 1 aliphatic rings. The van der Waals surface area contributed by atoms with E-state index in [9.17, 15) is 29.6 Å². The van der Waals surface area contributed by atoms with E-state index >= 15 is 0 Å². The molecule has 0 bridgehead atoms. The number of rotatable bonds is 12. The number of urea groups is 1. The van der Waals surface area contributed by atoms with E-state index in [1.54, 1.807) is 30.3 Å². The fraction of sp³-hybridized carbons (Fsp3) is 0.292. The number of benzene rings is 2. The lowest BCUT2D eigenvalue weighted by Gasteiger charge is -2.37. The molecular formula is C24H25ClN4O7. The fourth-order valence-corrected chi connectivity index (χ4v) is 3.91. The lowest BCUT2D eigenvalue weighted by molar-refractivity contribution is -0.384. The average molecular weight is 517 g/mol. The lowest BCUT2D eigenvalue weighted by Crippen LogP contribution is -2.49. The number of nitro groups is 1. The molecule has 3 N–H and O–H groups in total. The molecular weight excluding hydrogens is 492 g/mol. The van der Waals surface area contributed by atoms with Gasteiger partial charge in [-0.2, -0.15) is 0 Å². The van der Waals surface area contributed by atoms with Gasteiger partial charge in [0.25, 0.3) is 5.69 Å². The van der Waals surface area contributed by atoms with Gasteiger partial charge < -0.3 is 25.4 Å². The third-order valence-electron chi connectivity index (χ3n) is 5.46. The van der Waals surface area contributed by atoms with Crippen molar-refractivity contribution < 1.29 is 29.2 Å². The first-order valence-electron chi connectivity index (χ1n) is 11.0. The van der Waals surface area contributed by atoms with Gasteiger partial charge in [0, 0.05) is 29.4 Å². The number of non-ortho nitro benzene ring substituents is 1. The van der Waals surface area contributed by atoms with Crippen LogP contribution in [0.4, 0.5) is 10.5 Å². The van der Waals surface area contributed by atoms with Crippen LogP contribution in [0.2, 0.25) is 5.02 Å². The van der Waals surface area contributed by atoms with Crippen LogP contribution in [0.3, 0.4) is 0 Å². The van der Waals surface area contributed by atoms with Gasteiger partial charge in [0.15, 0.2) is 5.78 Å². The number of ketones is 1. The first kappa shape index (κ1) is 26.6. The third kappa shape index (κ3) is 6.80. The van der Waals surface area contributed by atoms with Crippen LogP contribution < -0.4 is 15.4 Å². The van der Waals surface area contributed by atoms with Crippen LogP contribution in [-0.2, 0) is 9.59 Å². The van der Waals surface area contributed by atoms with E-state index in [0.717, 1.165) is 0 Å². The summed E-state index contributed by atoms with van der Waals surface area (Å²) in [5.41, 5.74) is 0.211. The quantitative estimate of drug-likeness (QED) is 0.221. The molecule has 2 aromatic rings. The second-order valence-electron chi connectivity index (χ2n) is 8.03. The lowest BCUT2D eigenvalue weighted by atomic mass is 9.93. The Morgan fingerprint density at radius 2 is 1.97 bits per heavy atom. The summed E-state index contributed by atoms with van der Waals surface area (Å²) in [6, 6.07) is 10.7. The molecule has 0 saturated heterocycles. The number of carboxylic acid groups (broad SMARTS) is 1. The molecule has 190 valence electrons. The van der Waals surface area contributed by atoms with E-state index in [2.05, 4.69) is 10.6 Å². The highest BCUT2D eigenvalue weighted by atomic mass is 35.5. The zero-order valence-electron chi connectivity index (χ0n) is 19.4. The van der Waals surface area contributed by atoms with Crippen molar-refractivity contribution in [3.63, 3.8) is 0 Å². The van der Waals surface area contributed by atoms with Crippen LogP contribution in [0.25, 0.3) is 0 Å². The Morgan fingerprint density at radius 1 is 1.25 bits per heavy atom. The minimum absolute atomic E-state index is 0.0491. The van der Waals surface area contributed by atoms with Crippen molar-refractivity contribution >= 4 is 35.1 Å². The van der Waals surface area contributed by atoms with Crippen LogP contribution in [0.5, 0.6) is 5.75 Å². The van der Waals surface area contributed by atoms with Crippen molar-refractivity contribution in [2.24, 2.45) is 0 Å². The molecule has 3 rings (SSSR count). The number of nitrogens with zero attached hydrogens (tertiary/aromatic N) is 2. The van der Waals surface area contributed by atoms with E-state index in [4.69, 9.17) is 16.3 Å². The highest BCUT2D eigenvalue weighted by molar-refractivity contribution is 6.30. The predicted octanol–water partition coefficient (Wildman–Crippen LogP) is 3.30. The number of hydrogen-bond acceptors (Lipinski definition) is 7. The minimum Gasteiger partial charge on any atom is -0.486 e. The summed E-state index contributed by atoms with van der Waals surface area (Å²) in [7, 11) is 0. The second kappa shape index (κ2) is 12.1. The van der Waals surface area contributed by atoms with E-state index < -0.39 is 23.0 Å². The van der Waals surface area contributed by atoms with Crippen LogP contribution in [0.15, 0.2) is 59.8 Å². The molecule has 2 amide bonds. The fourth-order valence-electron chi connectivity index (χ4n) is 3.79. The average Bonchev–Trinajstić information content (AvgIpc) is 2.84. The number of amides is 2. The number of ether oxygens (including phenoxy) is 1. The number of Topliss-reactive ketones (excluding diaryl/α,β-unsaturated/α-hetero) is 1. The summed E-state index contributed by atoms with van der Waals surface area (Å²) >= 11 is 5.81. The Kier molecular flexibility index (Phi) is 8.98. The number of carbonyl (C=O) groups is 3. The standard InChI is InChI=1S/C24H25ClN4O7/c1-15-21(23(31)32)22(16-4-2-5-18(12-16)29(34)35)28(24(33)27-15)11-3-10-26-13-19(30)14-36-20-8-6-17(25)7-9-20/h2,4-9,12,22,26H,3,10-11,13-14H2,1H3,(H,27,33)(H,31,32). The first-order valence-corrected chi connectivity index (χ1v) is 11.4. The van der Waals surface area contributed by atoms with Crippen molar-refractivity contribution in [1.82, 2.24) is 15.5 Å². The van der Waals surface area contributed by atoms with Crippen molar-refractivity contribution in [2.75, 3.05) is 26.2 Å². The predicted molar refractivity (Wildman–Crippen MR) is 131 cm³/mol. The monoisotopic (exact) mass is 516 g/mol. The zero-order chi connectivity index (χ0) is 26.2. The molecule has 1 atom stereocenters. The number of hydrogen-bond donors (Lipinski definition) is 3. The number of aliphatic carboxylic acids is 1. The van der Waals surface area contributed by atoms with Gasteiger partial charge in [-0.1, -0.05) is 23.7 Å². The Labute approximate surface area is 211 Å². The molecule has 12 heteroatoms. The van der Waals surface area contributed by atoms with Crippen molar-refractivity contribution in [3.05, 3.63) is 80.5 Å². The molecule has 0 fully saturated rings. The number of nitro benzene ring substituents is 1. The van der Waals surface area contributed by atoms with Gasteiger partial charge in [0.2, 0.25) is 0 Å². The molecule has 1 unspecified atom stereocenters. The van der Waals surface area contributed by atoms with Gasteiger partial charge in [-0.05, 0) is 49.7 Å². The van der Waals surface area contributed by atoms with Gasteiger partial charge in [-0.3, -0.25) is 14.9 Å². The maximum Gasteiger partial charge on any atom is 0.335 e. The first-order chi connectivity index (χ1) is 17.2. The van der Waals surface area contributed by atoms with Gasteiger partial charge in [0.05, 0.1) is 23.1 Å². The van der Waals surface area contributed by atoms with Gasteiger partial charge in [-0.25, -0.2) is 9.59 Å². The van der Waals surface area contributed by atoms with Crippen LogP contribution in [0.1, 0.15) is 24.9 Å². The van der Waals surface area contributed by atoms with Crippen LogP contribution in [-0.4, -0.2) is 59.0 Å². The zero-order valence-corrected chi connectivity index (χ0v) is 20.2. The highest BCUT2D eigenvalue weighted by Crippen LogP contribution is 2.35. The van der Waals surface area contributed by atoms with Gasteiger partial charge >= 0.3 is 12.0 Å². The number of halogens is 1. The number of carboxylic acids is 1. The summed E-state index contributed by atoms with van der Waals surface area (Å²) < 4.78 is 5.40. The molecule has 0 spiro atoms. The van der Waals surface area contributed by atoms with E-state index in [1.807, 2.05) is 0 Å². The Bertz CT molecular complexity index is 1180. The van der Waals surface area contributed by atoms with Gasteiger partial charge in [0.1, 0.15) is 12.4 Å². The second-order valence-corrected chi connectivity index (χ2v) is 8.47. The molecule has 0 radical (unpaired) electrons. The summed E-state index contributed by atoms with van der Waals surface area (Å²) in [6.07, 6.45) is 0.399. The van der Waals surface area contributed by atoms with Gasteiger partial charge in [-0.15, -0.1) is 0 Å². The highest BCUT2D eigenvalue weighted by Gasteiger charge is 2.37. The number of allylic oxidation sites excluding steroid dienone is 1. The SMILES string of the molecule is CC1=C(C(=O)O)C(c2cccc([N+](=O)[O-])c2)N(CCCNCC(=O)COc2ccc(Cl)cc2)C(=O)N1. The summed E-state index contributed by atoms with van der Waals surface area (Å²) in [5, 5.41) is 27.1. The minimum atomic E-state index is -1.24.